The second-order valence-electron chi connectivity index (χ2n) is 3.87. The highest BCUT2D eigenvalue weighted by Gasteiger charge is 2.02. The van der Waals surface area contributed by atoms with Crippen LogP contribution in [0.15, 0.2) is 34.8 Å². The smallest absolute Gasteiger partial charge is 0.123 e. The van der Waals surface area contributed by atoms with Crippen molar-refractivity contribution in [2.45, 2.75) is 13.0 Å². The molecule has 0 unspecified atom stereocenters. The first-order valence-corrected chi connectivity index (χ1v) is 7.53. The van der Waals surface area contributed by atoms with E-state index in [0.717, 1.165) is 27.3 Å². The van der Waals surface area contributed by atoms with E-state index in [9.17, 15) is 4.39 Å². The molecule has 18 heavy (non-hydrogen) atoms. The Kier molecular flexibility index (Phi) is 5.18. The van der Waals surface area contributed by atoms with Gasteiger partial charge in [-0.15, -0.1) is 11.3 Å². The van der Waals surface area contributed by atoms with Gasteiger partial charge in [-0.05, 0) is 42.3 Å². The lowest BCUT2D eigenvalue weighted by molar-refractivity contribution is 0.619. The van der Waals surface area contributed by atoms with Gasteiger partial charge in [-0.2, -0.15) is 0 Å². The molecule has 1 nitrogen and oxygen atoms in total. The van der Waals surface area contributed by atoms with Gasteiger partial charge in [0, 0.05) is 22.4 Å². The third kappa shape index (κ3) is 4.05. The Labute approximate surface area is 123 Å². The highest BCUT2D eigenvalue weighted by atomic mass is 79.9. The minimum Gasteiger partial charge on any atom is -0.312 e. The summed E-state index contributed by atoms with van der Waals surface area (Å²) in [6, 6.07) is 8.66. The maximum atomic E-state index is 13.1. The number of hydrogen-bond donors (Lipinski definition) is 1. The van der Waals surface area contributed by atoms with Gasteiger partial charge in [-0.3, -0.25) is 0 Å². The Hall–Kier alpha value is -0.420. The van der Waals surface area contributed by atoms with Crippen LogP contribution in [0.25, 0.3) is 0 Å². The summed E-state index contributed by atoms with van der Waals surface area (Å²) < 4.78 is 14.8. The van der Waals surface area contributed by atoms with E-state index in [1.165, 1.54) is 10.9 Å². The molecule has 0 aliphatic heterocycles. The van der Waals surface area contributed by atoms with Crippen LogP contribution < -0.4 is 5.32 Å². The summed E-state index contributed by atoms with van der Waals surface area (Å²) in [6.45, 7) is 1.50. The average Bonchev–Trinajstić information content (AvgIpc) is 2.75. The summed E-state index contributed by atoms with van der Waals surface area (Å²) in [5.74, 6) is -0.208. The molecule has 0 aliphatic rings. The Bertz CT molecular complexity index is 529. The fourth-order valence-corrected chi connectivity index (χ4v) is 3.07. The monoisotopic (exact) mass is 347 g/mol. The van der Waals surface area contributed by atoms with E-state index < -0.39 is 0 Å². The van der Waals surface area contributed by atoms with E-state index in [-0.39, 0.29) is 5.82 Å². The van der Waals surface area contributed by atoms with Crippen molar-refractivity contribution in [2.24, 2.45) is 0 Å². The molecule has 0 spiro atoms. The molecule has 2 aromatic rings. The highest BCUT2D eigenvalue weighted by molar-refractivity contribution is 9.10. The largest absolute Gasteiger partial charge is 0.312 e. The van der Waals surface area contributed by atoms with Crippen LogP contribution in [0, 0.1) is 5.82 Å². The molecule has 0 bridgehead atoms. The minimum atomic E-state index is -0.208. The quantitative estimate of drug-likeness (QED) is 0.777. The average molecular weight is 349 g/mol. The molecule has 0 saturated heterocycles. The van der Waals surface area contributed by atoms with Crippen LogP contribution in [0.2, 0.25) is 4.34 Å². The summed E-state index contributed by atoms with van der Waals surface area (Å²) in [6.07, 6.45) is 0.935. The zero-order valence-electron chi connectivity index (χ0n) is 9.55. The van der Waals surface area contributed by atoms with Crippen molar-refractivity contribution < 1.29 is 4.39 Å². The normalized spacial score (nSPS) is 10.8. The van der Waals surface area contributed by atoms with Crippen LogP contribution >= 0.6 is 38.9 Å². The van der Waals surface area contributed by atoms with Crippen molar-refractivity contribution in [1.82, 2.24) is 5.32 Å². The topological polar surface area (TPSA) is 12.0 Å². The molecular weight excluding hydrogens is 337 g/mol. The maximum Gasteiger partial charge on any atom is 0.123 e. The van der Waals surface area contributed by atoms with Crippen LogP contribution in [0.4, 0.5) is 4.39 Å². The Morgan fingerprint density at radius 3 is 2.83 bits per heavy atom. The van der Waals surface area contributed by atoms with Crippen molar-refractivity contribution in [3.05, 3.63) is 55.4 Å². The fraction of sp³-hybridized carbons (Fsp3) is 0.231. The fourth-order valence-electron chi connectivity index (χ4n) is 1.60. The molecular formula is C13H12BrClFNS. The Morgan fingerprint density at radius 2 is 2.11 bits per heavy atom. The van der Waals surface area contributed by atoms with Crippen LogP contribution in [-0.2, 0) is 13.0 Å². The number of nitrogens with one attached hydrogen (secondary N) is 1. The molecule has 96 valence electrons. The molecule has 0 radical (unpaired) electrons. The third-order valence-corrected chi connectivity index (χ3v) is 4.56. The van der Waals surface area contributed by atoms with Gasteiger partial charge >= 0.3 is 0 Å². The number of thiophene rings is 1. The highest BCUT2D eigenvalue weighted by Crippen LogP contribution is 2.21. The molecule has 1 aromatic carbocycles. The second kappa shape index (κ2) is 6.66. The lowest BCUT2D eigenvalue weighted by Gasteiger charge is -2.06. The molecule has 0 saturated carbocycles. The van der Waals surface area contributed by atoms with Gasteiger partial charge in [-0.25, -0.2) is 4.39 Å². The predicted molar refractivity (Wildman–Crippen MR) is 78.8 cm³/mol. The molecule has 1 heterocycles. The van der Waals surface area contributed by atoms with Crippen LogP contribution in [0.5, 0.6) is 0 Å². The van der Waals surface area contributed by atoms with Gasteiger partial charge in [0.2, 0.25) is 0 Å². The van der Waals surface area contributed by atoms with Gasteiger partial charge in [0.15, 0.2) is 0 Å². The zero-order chi connectivity index (χ0) is 13.0. The first-order valence-electron chi connectivity index (χ1n) is 5.54. The zero-order valence-corrected chi connectivity index (χ0v) is 12.7. The van der Waals surface area contributed by atoms with Gasteiger partial charge in [0.05, 0.1) is 4.34 Å². The summed E-state index contributed by atoms with van der Waals surface area (Å²) >= 11 is 10.9. The number of benzene rings is 1. The van der Waals surface area contributed by atoms with Gasteiger partial charge < -0.3 is 5.32 Å². The number of halogens is 3. The summed E-state index contributed by atoms with van der Waals surface area (Å²) in [4.78, 5) is 1.26. The first kappa shape index (κ1) is 14.0. The van der Waals surface area contributed by atoms with E-state index >= 15 is 0 Å². The van der Waals surface area contributed by atoms with Crippen LogP contribution in [0.1, 0.15) is 10.4 Å². The number of hydrogen-bond acceptors (Lipinski definition) is 2. The van der Waals surface area contributed by atoms with Crippen LogP contribution in [0.3, 0.4) is 0 Å². The van der Waals surface area contributed by atoms with Crippen molar-refractivity contribution in [3.8, 4) is 0 Å². The minimum absolute atomic E-state index is 0.208. The third-order valence-electron chi connectivity index (χ3n) is 2.50. The SMILES string of the molecule is Fc1ccc(Br)c(CNCCc2ccc(Cl)s2)c1. The van der Waals surface area contributed by atoms with Crippen LogP contribution in [-0.4, -0.2) is 6.54 Å². The summed E-state index contributed by atoms with van der Waals surface area (Å²) in [5, 5.41) is 3.29. The molecule has 2 rings (SSSR count). The summed E-state index contributed by atoms with van der Waals surface area (Å²) in [5.41, 5.74) is 0.930. The standard InChI is InChI=1S/C13H12BrClFNS/c14-12-3-1-10(16)7-9(12)8-17-6-5-11-2-4-13(15)18-11/h1-4,7,17H,5-6,8H2. The molecule has 1 N–H and O–H groups in total. The Balaban J connectivity index is 1.80. The molecule has 0 atom stereocenters. The molecule has 0 fully saturated rings. The Morgan fingerprint density at radius 1 is 1.28 bits per heavy atom. The second-order valence-corrected chi connectivity index (χ2v) is 6.52. The molecule has 0 aliphatic carbocycles. The maximum absolute atomic E-state index is 13.1. The van der Waals surface area contributed by atoms with Gasteiger partial charge in [0.25, 0.3) is 0 Å². The van der Waals surface area contributed by atoms with E-state index in [1.807, 2.05) is 12.1 Å². The molecule has 1 aromatic heterocycles. The molecule has 5 heteroatoms. The predicted octanol–water partition coefficient (Wildman–Crippen LogP) is 4.64. The molecule has 0 amide bonds. The lowest BCUT2D eigenvalue weighted by Crippen LogP contribution is -2.16. The van der Waals surface area contributed by atoms with Gasteiger partial charge in [-0.1, -0.05) is 27.5 Å². The van der Waals surface area contributed by atoms with Gasteiger partial charge in [0.1, 0.15) is 5.82 Å². The lowest BCUT2D eigenvalue weighted by atomic mass is 10.2. The number of rotatable bonds is 5. The van der Waals surface area contributed by atoms with Crippen molar-refractivity contribution in [2.75, 3.05) is 6.54 Å². The van der Waals surface area contributed by atoms with Crippen molar-refractivity contribution >= 4 is 38.9 Å². The van der Waals surface area contributed by atoms with E-state index in [1.54, 1.807) is 23.5 Å². The van der Waals surface area contributed by atoms with E-state index in [0.29, 0.717) is 6.54 Å². The summed E-state index contributed by atoms with van der Waals surface area (Å²) in [7, 11) is 0. The van der Waals surface area contributed by atoms with E-state index in [4.69, 9.17) is 11.6 Å². The van der Waals surface area contributed by atoms with Crippen molar-refractivity contribution in [1.29, 1.82) is 0 Å². The van der Waals surface area contributed by atoms with Crippen molar-refractivity contribution in [3.63, 3.8) is 0 Å². The van der Waals surface area contributed by atoms with E-state index in [2.05, 4.69) is 21.2 Å². The first-order chi connectivity index (χ1) is 8.65.